The highest BCUT2D eigenvalue weighted by Crippen LogP contribution is 2.48. The Labute approximate surface area is 264 Å². The van der Waals surface area contributed by atoms with Gasteiger partial charge >= 0.3 is 5.97 Å². The van der Waals surface area contributed by atoms with Crippen LogP contribution in [0.15, 0.2) is 77.3 Å². The third-order valence-electron chi connectivity index (χ3n) is 7.96. The molecule has 6 N–H and O–H groups in total. The molecular weight excluding hydrogens is 596 g/mol. The molecule has 0 saturated carbocycles. The zero-order valence-corrected chi connectivity index (χ0v) is 25.6. The minimum atomic E-state index is -2.93. The molecule has 0 fully saturated rings. The monoisotopic (exact) mass is 630 g/mol. The summed E-state index contributed by atoms with van der Waals surface area (Å²) < 4.78 is 5.25. The summed E-state index contributed by atoms with van der Waals surface area (Å²) in [6.45, 7) is 6.70. The first kappa shape index (κ1) is 33.6. The van der Waals surface area contributed by atoms with Gasteiger partial charge in [-0.25, -0.2) is 4.79 Å². The van der Waals surface area contributed by atoms with E-state index in [4.69, 9.17) is 4.74 Å². The normalized spacial score (nSPS) is 21.9. The minimum absolute atomic E-state index is 0.0303. The average Bonchev–Trinajstić information content (AvgIpc) is 3.38. The smallest absolute Gasteiger partial charge is 0.348 e. The number of carbonyl (C=O) groups is 4. The van der Waals surface area contributed by atoms with E-state index in [1.54, 1.807) is 13.0 Å². The van der Waals surface area contributed by atoms with E-state index in [0.717, 1.165) is 31.1 Å². The van der Waals surface area contributed by atoms with Crippen LogP contribution in [0.2, 0.25) is 0 Å². The number of phenols is 3. The molecule has 2 aromatic rings. The molecule has 46 heavy (non-hydrogen) atoms. The number of aliphatic hydroxyl groups is 3. The summed E-state index contributed by atoms with van der Waals surface area (Å²) in [5, 5.41) is 64.0. The van der Waals surface area contributed by atoms with Gasteiger partial charge in [0.25, 0.3) is 0 Å². The van der Waals surface area contributed by atoms with Crippen LogP contribution in [0.1, 0.15) is 57.2 Å². The van der Waals surface area contributed by atoms with Gasteiger partial charge in [0.2, 0.25) is 0 Å². The molecule has 1 heterocycles. The number of hydrogen-bond donors (Lipinski definition) is 6. The average molecular weight is 631 g/mol. The Hall–Kier alpha value is -5.26. The maximum atomic E-state index is 13.4. The summed E-state index contributed by atoms with van der Waals surface area (Å²) in [5.41, 5.74) is -4.13. The van der Waals surface area contributed by atoms with Gasteiger partial charge in [0.1, 0.15) is 11.3 Å². The number of carbonyl (C=O) groups excluding carboxylic acids is 4. The Morgan fingerprint density at radius 2 is 1.59 bits per heavy atom. The van der Waals surface area contributed by atoms with E-state index in [2.05, 4.69) is 0 Å². The van der Waals surface area contributed by atoms with E-state index in [0.29, 0.717) is 5.56 Å². The standard InChI is InChI=1S/C35H34O11/c1-5-17(2)12-18(3)6-9-22(38)14-25-30(35(45,19(4)36)33(43)31(25)41)24-16-27(40)26(39)15-23(24)29-32(42)28(46-34(29)44)13-20-7-10-21(37)11-8-20/h6-13,15-17,33,37,39-40,42-43,45H,5,14H2,1-4H3/b9-6-,18-12+,28-13-. The van der Waals surface area contributed by atoms with E-state index in [-0.39, 0.29) is 23.0 Å². The minimum Gasteiger partial charge on any atom is -0.508 e. The Morgan fingerprint density at radius 1 is 0.978 bits per heavy atom. The highest BCUT2D eigenvalue weighted by Gasteiger charge is 2.56. The third-order valence-corrected chi connectivity index (χ3v) is 7.96. The van der Waals surface area contributed by atoms with Crippen molar-refractivity contribution in [1.82, 2.24) is 0 Å². The molecule has 3 unspecified atom stereocenters. The summed E-state index contributed by atoms with van der Waals surface area (Å²) in [6.07, 6.45) is 3.83. The van der Waals surface area contributed by atoms with Crippen LogP contribution in [0.4, 0.5) is 0 Å². The van der Waals surface area contributed by atoms with E-state index < -0.39 is 81.0 Å². The lowest BCUT2D eigenvalue weighted by Crippen LogP contribution is -2.48. The maximum absolute atomic E-state index is 13.4. The van der Waals surface area contributed by atoms with Crippen LogP contribution in [0.25, 0.3) is 17.2 Å². The van der Waals surface area contributed by atoms with Crippen molar-refractivity contribution in [2.45, 2.75) is 52.2 Å². The molecule has 0 bridgehead atoms. The number of aliphatic hydroxyl groups excluding tert-OH is 2. The van der Waals surface area contributed by atoms with Gasteiger partial charge in [-0.2, -0.15) is 0 Å². The largest absolute Gasteiger partial charge is 0.508 e. The van der Waals surface area contributed by atoms with Crippen molar-refractivity contribution in [1.29, 1.82) is 0 Å². The number of aromatic hydroxyl groups is 3. The van der Waals surface area contributed by atoms with Crippen LogP contribution in [0.3, 0.4) is 0 Å². The Bertz CT molecular complexity index is 1790. The van der Waals surface area contributed by atoms with E-state index >= 15 is 0 Å². The number of Topliss-reactive ketones (excluding diaryl/α,β-unsaturated/α-hetero) is 2. The molecule has 11 heteroatoms. The van der Waals surface area contributed by atoms with Gasteiger partial charge < -0.3 is 35.4 Å². The molecule has 3 atom stereocenters. The molecule has 1 aliphatic carbocycles. The Morgan fingerprint density at radius 3 is 2.17 bits per heavy atom. The van der Waals surface area contributed by atoms with E-state index in [9.17, 15) is 49.8 Å². The molecule has 240 valence electrons. The number of phenolic OH excluding ortho intramolecular Hbond substituents is 3. The topological polar surface area (TPSA) is 199 Å². The fraction of sp³-hybridized carbons (Fsp3) is 0.257. The van der Waals surface area contributed by atoms with Gasteiger partial charge in [0.05, 0.1) is 0 Å². The van der Waals surface area contributed by atoms with Crippen molar-refractivity contribution in [2.75, 3.05) is 0 Å². The van der Waals surface area contributed by atoms with Crippen molar-refractivity contribution in [3.05, 3.63) is 94.0 Å². The van der Waals surface area contributed by atoms with Crippen molar-refractivity contribution in [3.8, 4) is 17.2 Å². The van der Waals surface area contributed by atoms with Gasteiger partial charge in [-0.1, -0.05) is 50.1 Å². The molecular formula is C35H34O11. The molecule has 11 nitrogen and oxygen atoms in total. The lowest BCUT2D eigenvalue weighted by Gasteiger charge is -2.28. The highest BCUT2D eigenvalue weighted by atomic mass is 16.6. The third kappa shape index (κ3) is 6.28. The quantitative estimate of drug-likeness (QED) is 0.0952. The van der Waals surface area contributed by atoms with Crippen LogP contribution in [-0.2, 0) is 23.9 Å². The van der Waals surface area contributed by atoms with E-state index in [1.807, 2.05) is 19.9 Å². The second kappa shape index (κ2) is 13.0. The van der Waals surface area contributed by atoms with Crippen LogP contribution in [0.5, 0.6) is 17.2 Å². The number of esters is 1. The Kier molecular flexibility index (Phi) is 9.50. The summed E-state index contributed by atoms with van der Waals surface area (Å²) >= 11 is 0. The number of hydrogen-bond acceptors (Lipinski definition) is 11. The first-order valence-electron chi connectivity index (χ1n) is 14.4. The van der Waals surface area contributed by atoms with Crippen LogP contribution in [0, 0.1) is 5.92 Å². The molecule has 0 radical (unpaired) electrons. The van der Waals surface area contributed by atoms with Crippen molar-refractivity contribution in [2.24, 2.45) is 5.92 Å². The van der Waals surface area contributed by atoms with Crippen LogP contribution >= 0.6 is 0 Å². The summed E-state index contributed by atoms with van der Waals surface area (Å²) in [6, 6.07) is 7.36. The number of ketones is 3. The van der Waals surface area contributed by atoms with Gasteiger partial charge in [0, 0.05) is 23.1 Å². The molecule has 0 amide bonds. The molecule has 0 spiro atoms. The first-order valence-corrected chi connectivity index (χ1v) is 14.4. The van der Waals surface area contributed by atoms with Crippen molar-refractivity contribution < 1.29 is 54.6 Å². The number of cyclic esters (lactones) is 1. The van der Waals surface area contributed by atoms with Crippen molar-refractivity contribution in [3.63, 3.8) is 0 Å². The number of rotatable bonds is 10. The highest BCUT2D eigenvalue weighted by molar-refractivity contribution is 6.26. The molecule has 2 aliphatic rings. The first-order chi connectivity index (χ1) is 21.6. The van der Waals surface area contributed by atoms with Gasteiger partial charge in [-0.3, -0.25) is 14.4 Å². The van der Waals surface area contributed by atoms with Gasteiger partial charge in [0.15, 0.2) is 52.1 Å². The molecule has 4 rings (SSSR count). The predicted octanol–water partition coefficient (Wildman–Crippen LogP) is 4.20. The number of allylic oxidation sites excluding steroid dienone is 4. The van der Waals surface area contributed by atoms with Gasteiger partial charge in [-0.05, 0) is 67.3 Å². The SMILES string of the molecule is CCC(C)/C=C(C)/C=C\C(=O)CC1=C(c2cc(O)c(O)cc2C2=C(O)/C(=C/c3ccc(O)cc3)OC2=O)C(O)(C(C)=O)C(O)C1=O. The fourth-order valence-electron chi connectivity index (χ4n) is 5.30. The fourth-order valence-corrected chi connectivity index (χ4v) is 5.30. The van der Waals surface area contributed by atoms with Crippen LogP contribution < -0.4 is 0 Å². The Balaban J connectivity index is 1.93. The second-order valence-electron chi connectivity index (χ2n) is 11.3. The zero-order chi connectivity index (χ0) is 34.1. The lowest BCUT2D eigenvalue weighted by atomic mass is 9.81. The van der Waals surface area contributed by atoms with Crippen LogP contribution in [-0.4, -0.2) is 65.7 Å². The zero-order valence-electron chi connectivity index (χ0n) is 25.6. The van der Waals surface area contributed by atoms with E-state index in [1.165, 1.54) is 36.4 Å². The maximum Gasteiger partial charge on any atom is 0.348 e. The summed E-state index contributed by atoms with van der Waals surface area (Å²) in [7, 11) is 0. The van der Waals surface area contributed by atoms with Gasteiger partial charge in [-0.15, -0.1) is 0 Å². The summed E-state index contributed by atoms with van der Waals surface area (Å²) in [4.78, 5) is 52.5. The number of benzene rings is 2. The predicted molar refractivity (Wildman–Crippen MR) is 167 cm³/mol. The molecule has 0 saturated heterocycles. The molecule has 0 aromatic heterocycles. The second-order valence-corrected chi connectivity index (χ2v) is 11.3. The summed E-state index contributed by atoms with van der Waals surface area (Å²) in [5.74, 6) is -6.40. The lowest BCUT2D eigenvalue weighted by molar-refractivity contribution is -0.145. The molecule has 1 aliphatic heterocycles. The van der Waals surface area contributed by atoms with Crippen molar-refractivity contribution >= 4 is 40.5 Å². The molecule has 2 aromatic carbocycles. The number of ether oxygens (including phenoxy) is 1.